The van der Waals surface area contributed by atoms with Crippen LogP contribution in [-0.4, -0.2) is 9.13 Å². The molecule has 2 heterocycles. The number of hydrogen-bond acceptors (Lipinski definition) is 4. The van der Waals surface area contributed by atoms with Gasteiger partial charge in [0.05, 0.1) is 86.5 Å². The van der Waals surface area contributed by atoms with E-state index in [2.05, 4.69) is 50.4 Å². The molecule has 0 unspecified atom stereocenters. The van der Waals surface area contributed by atoms with Gasteiger partial charge in [-0.15, -0.1) is 0 Å². The molecule has 0 aliphatic rings. The van der Waals surface area contributed by atoms with Crippen molar-refractivity contribution in [2.75, 3.05) is 0 Å². The normalized spacial score (nSPS) is 10.9. The monoisotopic (exact) mass is 623 g/mol. The van der Waals surface area contributed by atoms with Crippen LogP contribution in [0.3, 0.4) is 0 Å². The third kappa shape index (κ3) is 4.39. The van der Waals surface area contributed by atoms with Crippen molar-refractivity contribution in [1.29, 1.82) is 21.0 Å². The number of aryl methyl sites for hydroxylation is 1. The Morgan fingerprint density at radius 1 is 0.510 bits per heavy atom. The number of benzene rings is 6. The van der Waals surface area contributed by atoms with E-state index in [1.807, 2.05) is 73.7 Å². The van der Waals surface area contributed by atoms with E-state index in [-0.39, 0.29) is 0 Å². The van der Waals surface area contributed by atoms with E-state index in [1.54, 1.807) is 30.3 Å². The predicted octanol–water partition coefficient (Wildman–Crippen LogP) is 9.89. The Morgan fingerprint density at radius 3 is 1.45 bits per heavy atom. The minimum Gasteiger partial charge on any atom is -0.307 e. The second kappa shape index (κ2) is 11.0. The molecule has 8 rings (SSSR count). The van der Waals surface area contributed by atoms with Crippen LogP contribution in [0.15, 0.2) is 109 Å². The molecule has 7 heteroatoms. The zero-order valence-corrected chi connectivity index (χ0v) is 26.0. The van der Waals surface area contributed by atoms with Crippen LogP contribution in [0, 0.1) is 58.8 Å². The summed E-state index contributed by atoms with van der Waals surface area (Å²) >= 11 is 0. The average molecular weight is 624 g/mol. The smallest absolute Gasteiger partial charge is 0.188 e. The van der Waals surface area contributed by atoms with E-state index in [9.17, 15) is 21.0 Å². The molecule has 0 radical (unpaired) electrons. The van der Waals surface area contributed by atoms with Crippen molar-refractivity contribution in [1.82, 2.24) is 9.13 Å². The summed E-state index contributed by atoms with van der Waals surface area (Å²) in [6.07, 6.45) is 0. The van der Waals surface area contributed by atoms with Crippen molar-refractivity contribution in [3.05, 3.63) is 148 Å². The summed E-state index contributed by atoms with van der Waals surface area (Å²) in [7, 11) is 0. The Hall–Kier alpha value is -7.63. The number of fused-ring (bicyclic) bond motifs is 6. The molecule has 224 valence electrons. The van der Waals surface area contributed by atoms with Crippen molar-refractivity contribution < 1.29 is 0 Å². The standard InChI is InChI=1S/C42H21N7/c1-25-14-41(48-39-12-8-29(24-46)18-35(39)36-19-31(47-2)9-13-40(36)48)42(20-32(25)30-5-3-4-26(15-30)21-43)49-37-10-6-27(22-44)16-33(37)34-17-28(23-45)7-11-38(34)49/h3-20H,1H3. The van der Waals surface area contributed by atoms with Gasteiger partial charge < -0.3 is 9.13 Å². The van der Waals surface area contributed by atoms with E-state index in [1.165, 1.54) is 0 Å². The summed E-state index contributed by atoms with van der Waals surface area (Å²) < 4.78 is 4.33. The van der Waals surface area contributed by atoms with Crippen LogP contribution in [0.4, 0.5) is 5.69 Å². The molecule has 0 saturated carbocycles. The maximum Gasteiger partial charge on any atom is 0.188 e. The van der Waals surface area contributed by atoms with E-state index < -0.39 is 0 Å². The lowest BCUT2D eigenvalue weighted by Gasteiger charge is -2.20. The fraction of sp³-hybridized carbons (Fsp3) is 0.0238. The SMILES string of the molecule is [C-]#[N+]c1ccc2c(c1)c1cc(C#N)ccc1n2-c1cc(C)c(-c2cccc(C#N)c2)cc1-n1c2ccc(C#N)cc2c2cc(C#N)ccc21. The highest BCUT2D eigenvalue weighted by Gasteiger charge is 2.22. The van der Waals surface area contributed by atoms with Crippen molar-refractivity contribution in [3.63, 3.8) is 0 Å². The van der Waals surface area contributed by atoms with E-state index >= 15 is 0 Å². The van der Waals surface area contributed by atoms with E-state index in [0.717, 1.165) is 71.7 Å². The first-order valence-corrected chi connectivity index (χ1v) is 15.4. The van der Waals surface area contributed by atoms with Crippen LogP contribution in [-0.2, 0) is 0 Å². The van der Waals surface area contributed by atoms with Crippen molar-refractivity contribution >= 4 is 49.3 Å². The Labute approximate surface area is 281 Å². The summed E-state index contributed by atoms with van der Waals surface area (Å²) in [6, 6.07) is 43.2. The first kappa shape index (κ1) is 28.8. The lowest BCUT2D eigenvalue weighted by molar-refractivity contribution is 1.09. The Morgan fingerprint density at radius 2 is 0.959 bits per heavy atom. The zero-order chi connectivity index (χ0) is 33.8. The Kier molecular flexibility index (Phi) is 6.48. The molecule has 0 aliphatic heterocycles. The molecular formula is C42H21N7. The maximum absolute atomic E-state index is 9.80. The fourth-order valence-corrected chi connectivity index (χ4v) is 6.94. The van der Waals surface area contributed by atoms with Crippen LogP contribution in [0.1, 0.15) is 27.8 Å². The molecular weight excluding hydrogens is 603 g/mol. The van der Waals surface area contributed by atoms with Gasteiger partial charge in [0.25, 0.3) is 0 Å². The van der Waals surface area contributed by atoms with Gasteiger partial charge in [-0.2, -0.15) is 21.0 Å². The van der Waals surface area contributed by atoms with Gasteiger partial charge in [-0.1, -0.05) is 18.2 Å². The molecule has 0 bridgehead atoms. The number of nitrogens with zero attached hydrogens (tertiary/aromatic N) is 7. The summed E-state index contributed by atoms with van der Waals surface area (Å²) in [5.41, 5.74) is 10.6. The van der Waals surface area contributed by atoms with Crippen LogP contribution in [0.2, 0.25) is 0 Å². The molecule has 49 heavy (non-hydrogen) atoms. The molecule has 0 aliphatic carbocycles. The highest BCUT2D eigenvalue weighted by Crippen LogP contribution is 2.42. The quantitative estimate of drug-likeness (QED) is 0.182. The van der Waals surface area contributed by atoms with Gasteiger partial charge in [0.2, 0.25) is 0 Å². The highest BCUT2D eigenvalue weighted by atomic mass is 15.1. The molecule has 8 aromatic rings. The van der Waals surface area contributed by atoms with Gasteiger partial charge in [-0.25, -0.2) is 4.85 Å². The molecule has 6 aromatic carbocycles. The fourth-order valence-electron chi connectivity index (χ4n) is 6.94. The predicted molar refractivity (Wildman–Crippen MR) is 190 cm³/mol. The summed E-state index contributed by atoms with van der Waals surface area (Å²) in [4.78, 5) is 3.68. The Balaban J connectivity index is 1.57. The summed E-state index contributed by atoms with van der Waals surface area (Å²) in [5.74, 6) is 0. The number of rotatable bonds is 3. The first-order chi connectivity index (χ1) is 24.0. The average Bonchev–Trinajstić information content (AvgIpc) is 3.65. The van der Waals surface area contributed by atoms with Crippen LogP contribution in [0.5, 0.6) is 0 Å². The number of hydrogen-bond donors (Lipinski definition) is 0. The van der Waals surface area contributed by atoms with E-state index in [0.29, 0.717) is 27.9 Å². The molecule has 0 saturated heterocycles. The molecule has 0 spiro atoms. The second-order valence-corrected chi connectivity index (χ2v) is 11.9. The zero-order valence-electron chi connectivity index (χ0n) is 26.0. The van der Waals surface area contributed by atoms with Crippen LogP contribution < -0.4 is 0 Å². The van der Waals surface area contributed by atoms with Crippen molar-refractivity contribution in [2.24, 2.45) is 0 Å². The Bertz CT molecular complexity index is 2810. The molecule has 0 N–H and O–H groups in total. The van der Waals surface area contributed by atoms with Crippen LogP contribution in [0.25, 0.3) is 71.0 Å². The van der Waals surface area contributed by atoms with Crippen molar-refractivity contribution in [2.45, 2.75) is 6.92 Å². The minimum absolute atomic E-state index is 0.502. The second-order valence-electron chi connectivity index (χ2n) is 11.9. The molecule has 7 nitrogen and oxygen atoms in total. The summed E-state index contributed by atoms with van der Waals surface area (Å²) in [6.45, 7) is 9.73. The van der Waals surface area contributed by atoms with Gasteiger partial charge in [0, 0.05) is 16.2 Å². The highest BCUT2D eigenvalue weighted by molar-refractivity contribution is 6.13. The van der Waals surface area contributed by atoms with Gasteiger partial charge in [0.15, 0.2) is 5.69 Å². The lowest BCUT2D eigenvalue weighted by atomic mass is 9.97. The van der Waals surface area contributed by atoms with Gasteiger partial charge in [0.1, 0.15) is 0 Å². The third-order valence-corrected chi connectivity index (χ3v) is 9.14. The molecule has 2 aromatic heterocycles. The van der Waals surface area contributed by atoms with Gasteiger partial charge in [-0.05, 0) is 120 Å². The van der Waals surface area contributed by atoms with Crippen LogP contribution >= 0.6 is 0 Å². The summed E-state index contributed by atoms with van der Waals surface area (Å²) in [5, 5.41) is 42.5. The largest absolute Gasteiger partial charge is 0.307 e. The van der Waals surface area contributed by atoms with Gasteiger partial charge in [-0.3, -0.25) is 0 Å². The minimum atomic E-state index is 0.502. The molecule has 0 atom stereocenters. The van der Waals surface area contributed by atoms with E-state index in [4.69, 9.17) is 6.57 Å². The first-order valence-electron chi connectivity index (χ1n) is 15.4. The van der Waals surface area contributed by atoms with Crippen molar-refractivity contribution in [3.8, 4) is 46.8 Å². The molecule has 0 amide bonds. The van der Waals surface area contributed by atoms with Gasteiger partial charge >= 0.3 is 0 Å². The topological polar surface area (TPSA) is 109 Å². The number of aromatic nitrogens is 2. The third-order valence-electron chi connectivity index (χ3n) is 9.14. The molecule has 0 fully saturated rings. The maximum atomic E-state index is 9.80. The lowest BCUT2D eigenvalue weighted by Crippen LogP contribution is -2.05. The number of nitriles is 4.